The van der Waals surface area contributed by atoms with E-state index >= 15 is 0 Å². The van der Waals surface area contributed by atoms with Crippen LogP contribution >= 0.6 is 15.9 Å². The molecule has 2 aromatic rings. The third kappa shape index (κ3) is 2.65. The van der Waals surface area contributed by atoms with Gasteiger partial charge in [0.05, 0.1) is 12.8 Å². The summed E-state index contributed by atoms with van der Waals surface area (Å²) >= 11 is 3.44. The Morgan fingerprint density at radius 2 is 2.12 bits per heavy atom. The van der Waals surface area contributed by atoms with Crippen molar-refractivity contribution >= 4 is 15.9 Å². The maximum absolute atomic E-state index is 5.61. The van der Waals surface area contributed by atoms with Gasteiger partial charge >= 0.3 is 0 Å². The van der Waals surface area contributed by atoms with E-state index in [1.54, 1.807) is 7.11 Å². The van der Waals surface area contributed by atoms with Crippen LogP contribution in [0.15, 0.2) is 40.9 Å². The number of halogens is 1. The Hall–Kier alpha value is -1.39. The van der Waals surface area contributed by atoms with Crippen LogP contribution in [0.25, 0.3) is 11.3 Å². The quantitative estimate of drug-likeness (QED) is 0.946. The van der Waals surface area contributed by atoms with Crippen molar-refractivity contribution in [3.63, 3.8) is 0 Å². The van der Waals surface area contributed by atoms with E-state index in [-0.39, 0.29) is 0 Å². The molecule has 0 atom stereocenters. The number of hydrogen-bond donors (Lipinski definition) is 1. The summed E-state index contributed by atoms with van der Waals surface area (Å²) in [5, 5.41) is 0. The molecule has 0 radical (unpaired) electrons. The summed E-state index contributed by atoms with van der Waals surface area (Å²) in [5.41, 5.74) is 8.44. The zero-order valence-electron chi connectivity index (χ0n) is 9.48. The van der Waals surface area contributed by atoms with Gasteiger partial charge in [0.25, 0.3) is 0 Å². The Balaban J connectivity index is 2.46. The first-order valence-electron chi connectivity index (χ1n) is 5.24. The molecule has 0 aliphatic carbocycles. The topological polar surface area (TPSA) is 48.1 Å². The average molecular weight is 293 g/mol. The van der Waals surface area contributed by atoms with Gasteiger partial charge in [0, 0.05) is 22.1 Å². The fourth-order valence-electron chi connectivity index (χ4n) is 1.61. The maximum Gasteiger partial charge on any atom is 0.218 e. The Bertz CT molecular complexity index is 529. The number of ether oxygens (including phenoxy) is 1. The molecule has 0 spiro atoms. The summed E-state index contributed by atoms with van der Waals surface area (Å²) in [6.07, 6.45) is 0. The lowest BCUT2D eigenvalue weighted by Gasteiger charge is -2.08. The number of nitrogens with zero attached hydrogens (tertiary/aromatic N) is 1. The van der Waals surface area contributed by atoms with Gasteiger partial charge in [0.2, 0.25) is 5.88 Å². The molecule has 0 unspecified atom stereocenters. The minimum Gasteiger partial charge on any atom is -0.481 e. The van der Waals surface area contributed by atoms with Crippen molar-refractivity contribution in [1.82, 2.24) is 4.98 Å². The van der Waals surface area contributed by atoms with Crippen LogP contribution < -0.4 is 10.5 Å². The first kappa shape index (κ1) is 12.1. The lowest BCUT2D eigenvalue weighted by Crippen LogP contribution is -2.02. The van der Waals surface area contributed by atoms with Gasteiger partial charge in [-0.05, 0) is 18.2 Å². The van der Waals surface area contributed by atoms with Crippen LogP contribution in [0.5, 0.6) is 5.88 Å². The largest absolute Gasteiger partial charge is 0.481 e. The molecule has 0 bridgehead atoms. The van der Waals surface area contributed by atoms with E-state index in [9.17, 15) is 0 Å². The molecule has 1 aromatic carbocycles. The summed E-state index contributed by atoms with van der Waals surface area (Å²) in [5.74, 6) is 0.588. The normalized spacial score (nSPS) is 10.3. The van der Waals surface area contributed by atoms with Gasteiger partial charge in [-0.25, -0.2) is 4.98 Å². The Kier molecular flexibility index (Phi) is 3.76. The van der Waals surface area contributed by atoms with Crippen molar-refractivity contribution in [3.05, 3.63) is 46.4 Å². The minimum absolute atomic E-state index is 0.426. The number of aromatic nitrogens is 1. The van der Waals surface area contributed by atoms with Crippen LogP contribution in [0.3, 0.4) is 0 Å². The van der Waals surface area contributed by atoms with Crippen molar-refractivity contribution in [1.29, 1.82) is 0 Å². The van der Waals surface area contributed by atoms with E-state index < -0.39 is 0 Å². The van der Waals surface area contributed by atoms with Crippen LogP contribution in [-0.4, -0.2) is 12.1 Å². The van der Waals surface area contributed by atoms with Gasteiger partial charge < -0.3 is 10.5 Å². The molecule has 1 aromatic heterocycles. The van der Waals surface area contributed by atoms with E-state index in [4.69, 9.17) is 10.5 Å². The highest BCUT2D eigenvalue weighted by molar-refractivity contribution is 9.10. The molecule has 88 valence electrons. The van der Waals surface area contributed by atoms with Crippen molar-refractivity contribution in [2.24, 2.45) is 5.73 Å². The summed E-state index contributed by atoms with van der Waals surface area (Å²) in [6.45, 7) is 0.426. The summed E-state index contributed by atoms with van der Waals surface area (Å²) < 4.78 is 6.25. The van der Waals surface area contributed by atoms with Crippen LogP contribution in [0, 0.1) is 0 Å². The standard InChI is InChI=1S/C13H13BrN2O/c1-17-13-10(8-15)5-6-12(16-13)9-3-2-4-11(14)7-9/h2-7H,8,15H2,1H3. The third-order valence-corrected chi connectivity index (χ3v) is 2.97. The second-order valence-electron chi connectivity index (χ2n) is 3.58. The summed E-state index contributed by atoms with van der Waals surface area (Å²) in [4.78, 5) is 4.45. The highest BCUT2D eigenvalue weighted by Crippen LogP contribution is 2.25. The zero-order chi connectivity index (χ0) is 12.3. The average Bonchev–Trinajstić information content (AvgIpc) is 2.38. The lowest BCUT2D eigenvalue weighted by atomic mass is 10.1. The third-order valence-electron chi connectivity index (χ3n) is 2.47. The minimum atomic E-state index is 0.426. The predicted octanol–water partition coefficient (Wildman–Crippen LogP) is 2.98. The smallest absolute Gasteiger partial charge is 0.218 e. The highest BCUT2D eigenvalue weighted by Gasteiger charge is 2.06. The second kappa shape index (κ2) is 5.29. The molecule has 2 N–H and O–H groups in total. The molecule has 0 aliphatic heterocycles. The van der Waals surface area contributed by atoms with Gasteiger partial charge in [-0.2, -0.15) is 0 Å². The fourth-order valence-corrected chi connectivity index (χ4v) is 2.01. The Labute approximate surface area is 109 Å². The van der Waals surface area contributed by atoms with Gasteiger partial charge in [-0.3, -0.25) is 0 Å². The molecule has 1 heterocycles. The molecule has 17 heavy (non-hydrogen) atoms. The van der Waals surface area contributed by atoms with Gasteiger partial charge in [-0.1, -0.05) is 34.1 Å². The van der Waals surface area contributed by atoms with Crippen molar-refractivity contribution in [2.45, 2.75) is 6.54 Å². The highest BCUT2D eigenvalue weighted by atomic mass is 79.9. The number of pyridine rings is 1. The van der Waals surface area contributed by atoms with Crippen LogP contribution in [-0.2, 0) is 6.54 Å². The summed E-state index contributed by atoms with van der Waals surface area (Å²) in [6, 6.07) is 11.9. The predicted molar refractivity (Wildman–Crippen MR) is 71.8 cm³/mol. The number of nitrogens with two attached hydrogens (primary N) is 1. The van der Waals surface area contributed by atoms with Gasteiger partial charge in [-0.15, -0.1) is 0 Å². The van der Waals surface area contributed by atoms with E-state index in [2.05, 4.69) is 20.9 Å². The first-order valence-corrected chi connectivity index (χ1v) is 6.04. The van der Waals surface area contributed by atoms with Gasteiger partial charge in [0.15, 0.2) is 0 Å². The van der Waals surface area contributed by atoms with Crippen molar-refractivity contribution in [3.8, 4) is 17.1 Å². The molecule has 0 fully saturated rings. The molecule has 0 saturated carbocycles. The lowest BCUT2D eigenvalue weighted by molar-refractivity contribution is 0.393. The Morgan fingerprint density at radius 3 is 2.76 bits per heavy atom. The van der Waals surface area contributed by atoms with Crippen LogP contribution in [0.4, 0.5) is 0 Å². The van der Waals surface area contributed by atoms with Gasteiger partial charge in [0.1, 0.15) is 0 Å². The zero-order valence-corrected chi connectivity index (χ0v) is 11.1. The molecule has 4 heteroatoms. The van der Waals surface area contributed by atoms with Crippen LogP contribution in [0.1, 0.15) is 5.56 Å². The van der Waals surface area contributed by atoms with E-state index in [0.717, 1.165) is 21.3 Å². The molecule has 0 aliphatic rings. The van der Waals surface area contributed by atoms with Crippen LogP contribution in [0.2, 0.25) is 0 Å². The number of hydrogen-bond acceptors (Lipinski definition) is 3. The number of methoxy groups -OCH3 is 1. The van der Waals surface area contributed by atoms with E-state index in [0.29, 0.717) is 12.4 Å². The molecule has 2 rings (SSSR count). The Morgan fingerprint density at radius 1 is 1.29 bits per heavy atom. The van der Waals surface area contributed by atoms with E-state index in [1.807, 2.05) is 36.4 Å². The molecular weight excluding hydrogens is 280 g/mol. The fraction of sp³-hybridized carbons (Fsp3) is 0.154. The SMILES string of the molecule is COc1nc(-c2cccc(Br)c2)ccc1CN. The molecule has 0 saturated heterocycles. The van der Waals surface area contributed by atoms with E-state index in [1.165, 1.54) is 0 Å². The number of benzene rings is 1. The van der Waals surface area contributed by atoms with Crippen molar-refractivity contribution < 1.29 is 4.74 Å². The number of rotatable bonds is 3. The monoisotopic (exact) mass is 292 g/mol. The molecule has 3 nitrogen and oxygen atoms in total. The first-order chi connectivity index (χ1) is 8.24. The maximum atomic E-state index is 5.61. The second-order valence-corrected chi connectivity index (χ2v) is 4.50. The molecule has 0 amide bonds. The molecular formula is C13H13BrN2O. The summed E-state index contributed by atoms with van der Waals surface area (Å²) in [7, 11) is 1.60. The van der Waals surface area contributed by atoms with Crippen molar-refractivity contribution in [2.75, 3.05) is 7.11 Å².